The second-order valence-electron chi connectivity index (χ2n) is 8.39. The second-order valence-corrected chi connectivity index (χ2v) is 8.39. The molecule has 2 aromatic carbocycles. The summed E-state index contributed by atoms with van der Waals surface area (Å²) in [5.74, 6) is 0.666. The summed E-state index contributed by atoms with van der Waals surface area (Å²) in [4.78, 5) is 17.4. The molecule has 0 saturated carbocycles. The molecular weight excluding hydrogens is 392 g/mol. The van der Waals surface area contributed by atoms with Crippen LogP contribution in [0.5, 0.6) is 5.75 Å². The Bertz CT molecular complexity index is 1220. The number of benzene rings is 2. The number of hydrogen-bond donors (Lipinski definition) is 0. The third-order valence-corrected chi connectivity index (χ3v) is 4.86. The van der Waals surface area contributed by atoms with Crippen LogP contribution in [-0.2, 0) is 22.7 Å². The van der Waals surface area contributed by atoms with Gasteiger partial charge in [-0.25, -0.2) is 9.36 Å². The zero-order chi connectivity index (χ0) is 22.0. The van der Waals surface area contributed by atoms with Crippen LogP contribution in [0.15, 0.2) is 60.9 Å². The fraction of sp³-hybridized carbons (Fsp3) is 0.280. The van der Waals surface area contributed by atoms with Crippen LogP contribution in [0.1, 0.15) is 31.9 Å². The van der Waals surface area contributed by atoms with Crippen LogP contribution in [0.3, 0.4) is 0 Å². The first-order valence-corrected chi connectivity index (χ1v) is 10.2. The van der Waals surface area contributed by atoms with E-state index in [1.165, 1.54) is 0 Å². The zero-order valence-electron chi connectivity index (χ0n) is 18.2. The standard InChI is InChI=1S/C25H26N2O4/c1-25(2,3)31-24(28)27-21-10-11-26-14-20(21)19-12-18(16-29-4)23(13-22(19)27)30-15-17-8-6-5-7-9-17/h5-14H,15-16H2,1-4H3. The van der Waals surface area contributed by atoms with Gasteiger partial charge in [-0.05, 0) is 38.5 Å². The third-order valence-electron chi connectivity index (χ3n) is 4.86. The fourth-order valence-corrected chi connectivity index (χ4v) is 3.58. The summed E-state index contributed by atoms with van der Waals surface area (Å²) >= 11 is 0. The van der Waals surface area contributed by atoms with Gasteiger partial charge in [0.05, 0.1) is 17.6 Å². The molecule has 0 saturated heterocycles. The lowest BCUT2D eigenvalue weighted by Crippen LogP contribution is -2.27. The SMILES string of the molecule is COCc1cc2c3cnccc3n(C(=O)OC(C)(C)C)c2cc1OCc1ccccc1. The van der Waals surface area contributed by atoms with Crippen molar-refractivity contribution in [2.45, 2.75) is 39.6 Å². The molecule has 2 heterocycles. The van der Waals surface area contributed by atoms with E-state index in [-0.39, 0.29) is 0 Å². The predicted molar refractivity (Wildman–Crippen MR) is 120 cm³/mol. The molecule has 160 valence electrons. The number of ether oxygens (including phenoxy) is 3. The average molecular weight is 418 g/mol. The Morgan fingerprint density at radius 1 is 1.00 bits per heavy atom. The van der Waals surface area contributed by atoms with Gasteiger partial charge >= 0.3 is 6.09 Å². The molecule has 0 fully saturated rings. The number of carbonyl (C=O) groups is 1. The van der Waals surface area contributed by atoms with Gasteiger partial charge in [-0.1, -0.05) is 30.3 Å². The molecule has 31 heavy (non-hydrogen) atoms. The number of carbonyl (C=O) groups excluding carboxylic acids is 1. The highest BCUT2D eigenvalue weighted by molar-refractivity contribution is 6.12. The van der Waals surface area contributed by atoms with Gasteiger partial charge in [0.2, 0.25) is 0 Å². The number of hydrogen-bond acceptors (Lipinski definition) is 5. The van der Waals surface area contributed by atoms with Crippen LogP contribution < -0.4 is 4.74 Å². The topological polar surface area (TPSA) is 62.6 Å². The maximum Gasteiger partial charge on any atom is 0.419 e. The van der Waals surface area contributed by atoms with E-state index in [0.717, 1.165) is 27.4 Å². The molecule has 0 aliphatic rings. The second kappa shape index (κ2) is 8.40. The smallest absolute Gasteiger partial charge is 0.419 e. The Labute approximate surface area is 181 Å². The van der Waals surface area contributed by atoms with Crippen molar-refractivity contribution in [3.63, 3.8) is 0 Å². The van der Waals surface area contributed by atoms with Gasteiger partial charge in [0.25, 0.3) is 0 Å². The van der Waals surface area contributed by atoms with E-state index in [1.54, 1.807) is 24.1 Å². The lowest BCUT2D eigenvalue weighted by atomic mass is 10.1. The van der Waals surface area contributed by atoms with Crippen molar-refractivity contribution in [3.8, 4) is 5.75 Å². The minimum absolute atomic E-state index is 0.388. The third kappa shape index (κ3) is 4.39. The first-order valence-electron chi connectivity index (χ1n) is 10.2. The van der Waals surface area contributed by atoms with Crippen LogP contribution in [0.25, 0.3) is 21.8 Å². The summed E-state index contributed by atoms with van der Waals surface area (Å²) in [5, 5.41) is 1.77. The van der Waals surface area contributed by atoms with E-state index in [1.807, 2.05) is 69.3 Å². The number of rotatable bonds is 5. The number of aromatic nitrogens is 2. The van der Waals surface area contributed by atoms with Crippen molar-refractivity contribution in [1.82, 2.24) is 9.55 Å². The van der Waals surface area contributed by atoms with Gasteiger partial charge in [-0.3, -0.25) is 4.98 Å². The van der Waals surface area contributed by atoms with Crippen LogP contribution >= 0.6 is 0 Å². The van der Waals surface area contributed by atoms with Gasteiger partial charge < -0.3 is 14.2 Å². The molecule has 6 nitrogen and oxygen atoms in total. The largest absolute Gasteiger partial charge is 0.488 e. The van der Waals surface area contributed by atoms with E-state index in [2.05, 4.69) is 4.98 Å². The molecule has 0 aliphatic heterocycles. The Balaban J connectivity index is 1.86. The lowest BCUT2D eigenvalue weighted by molar-refractivity contribution is 0.0551. The highest BCUT2D eigenvalue weighted by atomic mass is 16.6. The van der Waals surface area contributed by atoms with E-state index in [9.17, 15) is 4.79 Å². The summed E-state index contributed by atoms with van der Waals surface area (Å²) in [7, 11) is 1.65. The minimum Gasteiger partial charge on any atom is -0.488 e. The molecule has 0 unspecified atom stereocenters. The van der Waals surface area contributed by atoms with Crippen molar-refractivity contribution in [2.24, 2.45) is 0 Å². The van der Waals surface area contributed by atoms with Crippen molar-refractivity contribution >= 4 is 27.9 Å². The molecular formula is C25H26N2O4. The van der Waals surface area contributed by atoms with Crippen molar-refractivity contribution in [3.05, 3.63) is 72.1 Å². The highest BCUT2D eigenvalue weighted by Crippen LogP contribution is 2.35. The number of nitrogens with zero attached hydrogens (tertiary/aromatic N) is 2. The number of pyridine rings is 1. The maximum atomic E-state index is 13.1. The van der Waals surface area contributed by atoms with E-state index in [0.29, 0.717) is 24.5 Å². The summed E-state index contributed by atoms with van der Waals surface area (Å²) in [6, 6.07) is 15.7. The molecule has 6 heteroatoms. The summed E-state index contributed by atoms with van der Waals surface area (Å²) in [6.07, 6.45) is 3.00. The molecule has 0 atom stereocenters. The minimum atomic E-state index is -0.615. The molecule has 0 radical (unpaired) electrons. The highest BCUT2D eigenvalue weighted by Gasteiger charge is 2.23. The normalized spacial score (nSPS) is 11.7. The Hall–Kier alpha value is -3.38. The van der Waals surface area contributed by atoms with E-state index >= 15 is 0 Å². The molecule has 0 aliphatic carbocycles. The monoisotopic (exact) mass is 418 g/mol. The Kier molecular flexibility index (Phi) is 5.65. The van der Waals surface area contributed by atoms with Crippen molar-refractivity contribution < 1.29 is 19.0 Å². The van der Waals surface area contributed by atoms with Gasteiger partial charge in [0.15, 0.2) is 0 Å². The van der Waals surface area contributed by atoms with E-state index in [4.69, 9.17) is 14.2 Å². The zero-order valence-corrected chi connectivity index (χ0v) is 18.2. The van der Waals surface area contributed by atoms with E-state index < -0.39 is 11.7 Å². The molecule has 0 spiro atoms. The lowest BCUT2D eigenvalue weighted by Gasteiger charge is -2.20. The summed E-state index contributed by atoms with van der Waals surface area (Å²) in [6.45, 7) is 6.36. The molecule has 0 bridgehead atoms. The fourth-order valence-electron chi connectivity index (χ4n) is 3.58. The van der Waals surface area contributed by atoms with Crippen LogP contribution in [0, 0.1) is 0 Å². The molecule has 2 aromatic heterocycles. The van der Waals surface area contributed by atoms with Gasteiger partial charge in [0.1, 0.15) is 18.0 Å². The van der Waals surface area contributed by atoms with Gasteiger partial charge in [-0.2, -0.15) is 0 Å². The van der Waals surface area contributed by atoms with Gasteiger partial charge in [-0.15, -0.1) is 0 Å². The molecule has 4 rings (SSSR count). The van der Waals surface area contributed by atoms with Crippen LogP contribution in [0.2, 0.25) is 0 Å². The van der Waals surface area contributed by atoms with Gasteiger partial charge in [0, 0.05) is 41.9 Å². The Morgan fingerprint density at radius 2 is 1.77 bits per heavy atom. The van der Waals surface area contributed by atoms with Crippen molar-refractivity contribution in [1.29, 1.82) is 0 Å². The quantitative estimate of drug-likeness (QED) is 0.416. The molecule has 0 N–H and O–H groups in total. The number of methoxy groups -OCH3 is 1. The van der Waals surface area contributed by atoms with Crippen LogP contribution in [-0.4, -0.2) is 28.4 Å². The van der Waals surface area contributed by atoms with Crippen molar-refractivity contribution in [2.75, 3.05) is 7.11 Å². The van der Waals surface area contributed by atoms with Crippen LogP contribution in [0.4, 0.5) is 4.79 Å². The summed E-state index contributed by atoms with van der Waals surface area (Å²) < 4.78 is 18.8. The molecule has 0 amide bonds. The first-order chi connectivity index (χ1) is 14.9. The first kappa shape index (κ1) is 20.9. The Morgan fingerprint density at radius 3 is 2.48 bits per heavy atom. The summed E-state index contributed by atoms with van der Waals surface area (Å²) in [5.41, 5.74) is 2.79. The predicted octanol–water partition coefficient (Wildman–Crippen LogP) is 5.70. The molecule has 4 aromatic rings. The maximum absolute atomic E-state index is 13.1. The average Bonchev–Trinajstić information content (AvgIpc) is 3.05. The number of fused-ring (bicyclic) bond motifs is 3.